The Bertz CT molecular complexity index is 242. The van der Waals surface area contributed by atoms with Crippen molar-refractivity contribution in [3.63, 3.8) is 0 Å². The third kappa shape index (κ3) is 3.68. The maximum Gasteiger partial charge on any atom is 0.196 e. The molecule has 0 radical (unpaired) electrons. The molecule has 1 saturated carbocycles. The van der Waals surface area contributed by atoms with Crippen LogP contribution in [-0.4, -0.2) is 24.5 Å². The van der Waals surface area contributed by atoms with E-state index in [1.54, 1.807) is 0 Å². The van der Waals surface area contributed by atoms with Gasteiger partial charge in [-0.3, -0.25) is 10.2 Å². The van der Waals surface area contributed by atoms with E-state index >= 15 is 0 Å². The van der Waals surface area contributed by atoms with Crippen LogP contribution in [0.4, 0.5) is 0 Å². The van der Waals surface area contributed by atoms with E-state index in [1.807, 2.05) is 0 Å². The minimum atomic E-state index is -0.302. The SMILES string of the molecule is CC(=O)C(=N)/N=C\NCC1CCCC1. The summed E-state index contributed by atoms with van der Waals surface area (Å²) in [5.74, 6) is 0.251. The Kier molecular flexibility index (Phi) is 4.29. The second-order valence-electron chi connectivity index (χ2n) is 3.72. The zero-order valence-electron chi connectivity index (χ0n) is 8.55. The molecule has 0 atom stereocenters. The monoisotopic (exact) mass is 195 g/mol. The van der Waals surface area contributed by atoms with Crippen molar-refractivity contribution < 1.29 is 4.79 Å². The first-order valence-electron chi connectivity index (χ1n) is 5.05. The smallest absolute Gasteiger partial charge is 0.196 e. The van der Waals surface area contributed by atoms with Crippen LogP contribution in [0, 0.1) is 11.3 Å². The van der Waals surface area contributed by atoms with Crippen molar-refractivity contribution in [2.75, 3.05) is 6.54 Å². The van der Waals surface area contributed by atoms with Crippen LogP contribution in [0.2, 0.25) is 0 Å². The third-order valence-electron chi connectivity index (χ3n) is 2.50. The van der Waals surface area contributed by atoms with Gasteiger partial charge in [0.15, 0.2) is 11.6 Å². The number of hydrogen-bond acceptors (Lipinski definition) is 2. The van der Waals surface area contributed by atoms with Crippen molar-refractivity contribution in [3.8, 4) is 0 Å². The summed E-state index contributed by atoms with van der Waals surface area (Å²) >= 11 is 0. The molecule has 1 fully saturated rings. The first-order chi connectivity index (χ1) is 6.70. The van der Waals surface area contributed by atoms with Gasteiger partial charge in [-0.1, -0.05) is 12.8 Å². The van der Waals surface area contributed by atoms with Gasteiger partial charge in [-0.25, -0.2) is 4.99 Å². The number of nitrogens with zero attached hydrogens (tertiary/aromatic N) is 1. The fourth-order valence-electron chi connectivity index (χ4n) is 1.63. The van der Waals surface area contributed by atoms with Gasteiger partial charge in [-0.2, -0.15) is 0 Å². The lowest BCUT2D eigenvalue weighted by Crippen LogP contribution is -2.20. The van der Waals surface area contributed by atoms with Gasteiger partial charge in [0.1, 0.15) is 0 Å². The first-order valence-corrected chi connectivity index (χ1v) is 5.05. The summed E-state index contributed by atoms with van der Waals surface area (Å²) < 4.78 is 0. The highest BCUT2D eigenvalue weighted by Crippen LogP contribution is 2.23. The van der Waals surface area contributed by atoms with Crippen molar-refractivity contribution >= 4 is 18.0 Å². The predicted octanol–water partition coefficient (Wildman–Crippen LogP) is 1.36. The van der Waals surface area contributed by atoms with Crippen LogP contribution in [0.15, 0.2) is 4.99 Å². The second kappa shape index (κ2) is 5.52. The van der Waals surface area contributed by atoms with Crippen LogP contribution in [0.25, 0.3) is 0 Å². The summed E-state index contributed by atoms with van der Waals surface area (Å²) in [7, 11) is 0. The Morgan fingerprint density at radius 2 is 2.21 bits per heavy atom. The third-order valence-corrected chi connectivity index (χ3v) is 2.50. The van der Waals surface area contributed by atoms with Crippen LogP contribution >= 0.6 is 0 Å². The number of amidine groups is 1. The highest BCUT2D eigenvalue weighted by Gasteiger charge is 2.13. The standard InChI is InChI=1S/C10H17N3O/c1-8(14)10(11)13-7-12-6-9-4-2-3-5-9/h7,9H,2-6H2,1H3,(H2,11,12,13). The van der Waals surface area contributed by atoms with Gasteiger partial charge < -0.3 is 5.32 Å². The fourth-order valence-corrected chi connectivity index (χ4v) is 1.63. The van der Waals surface area contributed by atoms with Crippen LogP contribution in [0.5, 0.6) is 0 Å². The summed E-state index contributed by atoms with van der Waals surface area (Å²) in [6, 6.07) is 0. The number of aliphatic imine (C=N–C) groups is 1. The molecule has 1 aliphatic rings. The van der Waals surface area contributed by atoms with Crippen LogP contribution in [0.3, 0.4) is 0 Å². The second-order valence-corrected chi connectivity index (χ2v) is 3.72. The van der Waals surface area contributed by atoms with E-state index in [-0.39, 0.29) is 11.6 Å². The molecule has 2 N–H and O–H groups in total. The summed E-state index contributed by atoms with van der Waals surface area (Å²) in [6.45, 7) is 2.26. The van der Waals surface area contributed by atoms with Gasteiger partial charge in [-0.15, -0.1) is 0 Å². The molecule has 78 valence electrons. The minimum absolute atomic E-state index is 0.191. The molecule has 1 rings (SSSR count). The summed E-state index contributed by atoms with van der Waals surface area (Å²) in [6.07, 6.45) is 6.68. The van der Waals surface area contributed by atoms with Gasteiger partial charge in [0, 0.05) is 13.5 Å². The zero-order chi connectivity index (χ0) is 10.4. The van der Waals surface area contributed by atoms with Crippen molar-refractivity contribution in [2.45, 2.75) is 32.6 Å². The highest BCUT2D eigenvalue weighted by atomic mass is 16.1. The van der Waals surface area contributed by atoms with Crippen LogP contribution < -0.4 is 5.32 Å². The first kappa shape index (κ1) is 10.9. The van der Waals surface area contributed by atoms with Crippen molar-refractivity contribution in [2.24, 2.45) is 10.9 Å². The quantitative estimate of drug-likeness (QED) is 0.525. The highest BCUT2D eigenvalue weighted by molar-refractivity contribution is 6.37. The number of rotatable bonds is 4. The molecule has 4 nitrogen and oxygen atoms in total. The van der Waals surface area contributed by atoms with E-state index in [4.69, 9.17) is 5.41 Å². The Hall–Kier alpha value is -1.19. The number of carbonyl (C=O) groups excluding carboxylic acids is 1. The lowest BCUT2D eigenvalue weighted by molar-refractivity contribution is -0.111. The van der Waals surface area contributed by atoms with E-state index in [9.17, 15) is 4.79 Å². The molecule has 0 unspecified atom stereocenters. The lowest BCUT2D eigenvalue weighted by Gasteiger charge is -2.06. The molecule has 1 aliphatic carbocycles. The van der Waals surface area contributed by atoms with Crippen molar-refractivity contribution in [3.05, 3.63) is 0 Å². The zero-order valence-corrected chi connectivity index (χ0v) is 8.55. The predicted molar refractivity (Wildman–Crippen MR) is 56.9 cm³/mol. The Balaban J connectivity index is 2.13. The molecule has 4 heteroatoms. The average molecular weight is 195 g/mol. The average Bonchev–Trinajstić information content (AvgIpc) is 2.64. The molecule has 0 spiro atoms. The van der Waals surface area contributed by atoms with Crippen molar-refractivity contribution in [1.29, 1.82) is 5.41 Å². The van der Waals surface area contributed by atoms with E-state index in [0.717, 1.165) is 12.5 Å². The molecule has 0 bridgehead atoms. The molecule has 14 heavy (non-hydrogen) atoms. The molecular weight excluding hydrogens is 178 g/mol. The molecule has 0 amide bonds. The largest absolute Gasteiger partial charge is 0.376 e. The van der Waals surface area contributed by atoms with E-state index < -0.39 is 0 Å². The molecule has 0 heterocycles. The molecule has 0 aromatic carbocycles. The lowest BCUT2D eigenvalue weighted by atomic mass is 10.1. The molecule has 0 saturated heterocycles. The van der Waals surface area contributed by atoms with Crippen LogP contribution in [-0.2, 0) is 4.79 Å². The van der Waals surface area contributed by atoms with Crippen molar-refractivity contribution in [1.82, 2.24) is 5.32 Å². The number of nitrogens with one attached hydrogen (secondary N) is 2. The maximum atomic E-state index is 10.6. The fraction of sp³-hybridized carbons (Fsp3) is 0.700. The van der Waals surface area contributed by atoms with Crippen LogP contribution in [0.1, 0.15) is 32.6 Å². The van der Waals surface area contributed by atoms with Gasteiger partial charge in [0.05, 0.1) is 6.34 Å². The minimum Gasteiger partial charge on any atom is -0.376 e. The summed E-state index contributed by atoms with van der Waals surface area (Å²) in [5.41, 5.74) is 0. The number of carbonyl (C=O) groups is 1. The topological polar surface area (TPSA) is 65.3 Å². The van der Waals surface area contributed by atoms with E-state index in [0.29, 0.717) is 0 Å². The van der Waals surface area contributed by atoms with Gasteiger partial charge >= 0.3 is 0 Å². The Morgan fingerprint density at radius 1 is 1.57 bits per heavy atom. The van der Waals surface area contributed by atoms with E-state index in [1.165, 1.54) is 38.9 Å². The Labute approximate surface area is 84.3 Å². The molecule has 0 aliphatic heterocycles. The number of Topliss-reactive ketones (excluding diaryl/α,β-unsaturated/α-hetero) is 1. The molecule has 0 aromatic rings. The normalized spacial score (nSPS) is 17.5. The Morgan fingerprint density at radius 3 is 2.79 bits per heavy atom. The van der Waals surface area contributed by atoms with Gasteiger partial charge in [0.2, 0.25) is 0 Å². The number of ketones is 1. The maximum absolute atomic E-state index is 10.6. The van der Waals surface area contributed by atoms with E-state index in [2.05, 4.69) is 10.3 Å². The number of hydrogen-bond donors (Lipinski definition) is 2. The van der Waals surface area contributed by atoms with Gasteiger partial charge in [0.25, 0.3) is 0 Å². The molecular formula is C10H17N3O. The summed E-state index contributed by atoms with van der Waals surface area (Å²) in [4.78, 5) is 14.3. The van der Waals surface area contributed by atoms with Gasteiger partial charge in [-0.05, 0) is 18.8 Å². The molecule has 0 aromatic heterocycles. The summed E-state index contributed by atoms with van der Waals surface area (Å²) in [5, 5.41) is 10.2.